The van der Waals surface area contributed by atoms with E-state index in [0.717, 1.165) is 5.56 Å². The van der Waals surface area contributed by atoms with Crippen molar-refractivity contribution in [3.8, 4) is 23.0 Å². The predicted octanol–water partition coefficient (Wildman–Crippen LogP) is 4.00. The minimum absolute atomic E-state index is 0.145. The molecule has 0 spiro atoms. The number of benzene rings is 2. The van der Waals surface area contributed by atoms with E-state index in [4.69, 9.17) is 18.3 Å². The predicted molar refractivity (Wildman–Crippen MR) is 101 cm³/mol. The zero-order valence-corrected chi connectivity index (χ0v) is 15.8. The van der Waals surface area contributed by atoms with Crippen LogP contribution in [0.2, 0.25) is 0 Å². The summed E-state index contributed by atoms with van der Waals surface area (Å²) in [6.45, 7) is 0.145. The molecule has 2 aromatic heterocycles. The van der Waals surface area contributed by atoms with E-state index in [1.807, 2.05) is 54.6 Å². The molecule has 0 aliphatic carbocycles. The molecular weight excluding hydrogens is 380 g/mol. The Kier molecular flexibility index (Phi) is 5.53. The Balaban J connectivity index is 1.32. The third kappa shape index (κ3) is 4.32. The van der Waals surface area contributed by atoms with Gasteiger partial charge in [-0.25, -0.2) is 0 Å². The second kappa shape index (κ2) is 8.57. The molecule has 0 fully saturated rings. The second-order valence-corrected chi connectivity index (χ2v) is 6.48. The Bertz CT molecular complexity index is 1040. The lowest BCUT2D eigenvalue weighted by Crippen LogP contribution is -1.97. The van der Waals surface area contributed by atoms with Crippen LogP contribution in [0, 0.1) is 0 Å². The number of methoxy groups -OCH3 is 1. The molecule has 0 aliphatic rings. The van der Waals surface area contributed by atoms with Gasteiger partial charge in [-0.2, -0.15) is 0 Å². The maximum Gasteiger partial charge on any atom is 0.277 e. The first-order valence-electron chi connectivity index (χ1n) is 8.40. The first kappa shape index (κ1) is 18.1. The topological polar surface area (TPSA) is 96.3 Å². The number of para-hydroxylation sites is 2. The number of rotatable bonds is 8. The van der Waals surface area contributed by atoms with Crippen LogP contribution < -0.4 is 9.47 Å². The van der Waals surface area contributed by atoms with Gasteiger partial charge in [-0.3, -0.25) is 0 Å². The zero-order valence-electron chi connectivity index (χ0n) is 14.9. The van der Waals surface area contributed by atoms with Crippen LogP contribution in [0.3, 0.4) is 0 Å². The summed E-state index contributed by atoms with van der Waals surface area (Å²) in [7, 11) is 1.59. The smallest absolute Gasteiger partial charge is 0.277 e. The summed E-state index contributed by atoms with van der Waals surface area (Å²) in [6, 6.07) is 17.0. The monoisotopic (exact) mass is 396 g/mol. The van der Waals surface area contributed by atoms with Gasteiger partial charge in [-0.1, -0.05) is 42.1 Å². The summed E-state index contributed by atoms with van der Waals surface area (Å²) >= 11 is 1.32. The molecule has 142 valence electrons. The largest absolute Gasteiger partial charge is 0.493 e. The fourth-order valence-electron chi connectivity index (χ4n) is 2.37. The minimum atomic E-state index is 0.145. The maximum absolute atomic E-state index is 5.67. The first-order chi connectivity index (χ1) is 13.8. The van der Waals surface area contributed by atoms with E-state index >= 15 is 0 Å². The van der Waals surface area contributed by atoms with Crippen LogP contribution in [0.5, 0.6) is 11.5 Å². The summed E-state index contributed by atoms with van der Waals surface area (Å²) in [6.07, 6.45) is 0. The lowest BCUT2D eigenvalue weighted by Gasteiger charge is -2.07. The normalized spacial score (nSPS) is 10.8. The summed E-state index contributed by atoms with van der Waals surface area (Å²) < 4.78 is 22.1. The summed E-state index contributed by atoms with van der Waals surface area (Å²) in [5.74, 6) is 3.00. The maximum atomic E-state index is 5.67. The minimum Gasteiger partial charge on any atom is -0.493 e. The molecule has 4 aromatic rings. The molecule has 9 heteroatoms. The Morgan fingerprint density at radius 3 is 2.39 bits per heavy atom. The standard InChI is InChI=1S/C19H16N4O4S/c1-24-14-9-5-6-10-15(14)25-11-16-20-23-19(27-16)28-12-17-21-22-18(26-17)13-7-3-2-4-8-13/h2-10H,11-12H2,1H3. The molecule has 0 aliphatic heterocycles. The number of hydrogen-bond acceptors (Lipinski definition) is 9. The van der Waals surface area contributed by atoms with Crippen molar-refractivity contribution in [1.29, 1.82) is 0 Å². The van der Waals surface area contributed by atoms with E-state index in [2.05, 4.69) is 20.4 Å². The molecule has 8 nitrogen and oxygen atoms in total. The highest BCUT2D eigenvalue weighted by Crippen LogP contribution is 2.27. The molecule has 2 aromatic carbocycles. The van der Waals surface area contributed by atoms with Gasteiger partial charge in [0.25, 0.3) is 11.1 Å². The van der Waals surface area contributed by atoms with Crippen molar-refractivity contribution in [2.45, 2.75) is 17.6 Å². The molecule has 4 rings (SSSR count). The van der Waals surface area contributed by atoms with Gasteiger partial charge in [0, 0.05) is 5.56 Å². The first-order valence-corrected chi connectivity index (χ1v) is 9.39. The number of thioether (sulfide) groups is 1. The van der Waals surface area contributed by atoms with E-state index in [-0.39, 0.29) is 6.61 Å². The van der Waals surface area contributed by atoms with Gasteiger partial charge < -0.3 is 18.3 Å². The average molecular weight is 396 g/mol. The van der Waals surface area contributed by atoms with E-state index < -0.39 is 0 Å². The molecule has 0 atom stereocenters. The van der Waals surface area contributed by atoms with Crippen LogP contribution in [-0.4, -0.2) is 27.5 Å². The van der Waals surface area contributed by atoms with Crippen molar-refractivity contribution < 1.29 is 18.3 Å². The summed E-state index contributed by atoms with van der Waals surface area (Å²) in [5, 5.41) is 16.5. The highest BCUT2D eigenvalue weighted by Gasteiger charge is 2.13. The molecule has 2 heterocycles. The highest BCUT2D eigenvalue weighted by atomic mass is 32.2. The fraction of sp³-hybridized carbons (Fsp3) is 0.158. The quantitative estimate of drug-likeness (QED) is 0.409. The highest BCUT2D eigenvalue weighted by molar-refractivity contribution is 7.98. The number of ether oxygens (including phenoxy) is 2. The van der Waals surface area contributed by atoms with Gasteiger partial charge in [0.15, 0.2) is 18.1 Å². The van der Waals surface area contributed by atoms with E-state index in [1.165, 1.54) is 11.8 Å². The number of aromatic nitrogens is 4. The van der Waals surface area contributed by atoms with Crippen molar-refractivity contribution in [3.05, 3.63) is 66.4 Å². The molecule has 0 unspecified atom stereocenters. The van der Waals surface area contributed by atoms with Gasteiger partial charge in [-0.15, -0.1) is 20.4 Å². The zero-order chi connectivity index (χ0) is 19.2. The Morgan fingerprint density at radius 1 is 0.821 bits per heavy atom. The SMILES string of the molecule is COc1ccccc1OCc1nnc(SCc2nnc(-c3ccccc3)o2)o1. The summed E-state index contributed by atoms with van der Waals surface area (Å²) in [5.41, 5.74) is 0.875. The molecule has 0 radical (unpaired) electrons. The van der Waals surface area contributed by atoms with Crippen molar-refractivity contribution in [2.24, 2.45) is 0 Å². The van der Waals surface area contributed by atoms with Crippen molar-refractivity contribution in [2.75, 3.05) is 7.11 Å². The van der Waals surface area contributed by atoms with Gasteiger partial charge in [0.1, 0.15) is 0 Å². The Hall–Kier alpha value is -3.33. The fourth-order valence-corrected chi connectivity index (χ4v) is 2.98. The molecule has 0 saturated heterocycles. The van der Waals surface area contributed by atoms with Gasteiger partial charge in [-0.05, 0) is 24.3 Å². The Morgan fingerprint density at radius 2 is 1.57 bits per heavy atom. The second-order valence-electron chi connectivity index (χ2n) is 5.56. The van der Waals surface area contributed by atoms with E-state index in [0.29, 0.717) is 40.1 Å². The van der Waals surface area contributed by atoms with Gasteiger partial charge in [0.05, 0.1) is 12.9 Å². The molecule has 0 amide bonds. The van der Waals surface area contributed by atoms with Crippen molar-refractivity contribution in [1.82, 2.24) is 20.4 Å². The van der Waals surface area contributed by atoms with Gasteiger partial charge >= 0.3 is 0 Å². The molecular formula is C19H16N4O4S. The van der Waals surface area contributed by atoms with Crippen LogP contribution in [-0.2, 0) is 12.4 Å². The van der Waals surface area contributed by atoms with Crippen molar-refractivity contribution in [3.63, 3.8) is 0 Å². The Labute approximate surface area is 164 Å². The molecule has 0 bridgehead atoms. The number of hydrogen-bond donors (Lipinski definition) is 0. The third-order valence-corrected chi connectivity index (χ3v) is 4.48. The third-order valence-electron chi connectivity index (χ3n) is 3.68. The molecule has 28 heavy (non-hydrogen) atoms. The van der Waals surface area contributed by atoms with E-state index in [1.54, 1.807) is 7.11 Å². The van der Waals surface area contributed by atoms with Crippen LogP contribution in [0.15, 0.2) is 68.7 Å². The van der Waals surface area contributed by atoms with Crippen LogP contribution in [0.4, 0.5) is 0 Å². The van der Waals surface area contributed by atoms with Crippen molar-refractivity contribution >= 4 is 11.8 Å². The van der Waals surface area contributed by atoms with E-state index in [9.17, 15) is 0 Å². The van der Waals surface area contributed by atoms with Gasteiger partial charge in [0.2, 0.25) is 11.8 Å². The number of nitrogens with zero attached hydrogens (tertiary/aromatic N) is 4. The molecule has 0 N–H and O–H groups in total. The van der Waals surface area contributed by atoms with Crippen LogP contribution in [0.1, 0.15) is 11.8 Å². The van der Waals surface area contributed by atoms with Crippen LogP contribution in [0.25, 0.3) is 11.5 Å². The summed E-state index contributed by atoms with van der Waals surface area (Å²) in [4.78, 5) is 0. The lowest BCUT2D eigenvalue weighted by molar-refractivity contribution is 0.241. The average Bonchev–Trinajstić information content (AvgIpc) is 3.41. The van der Waals surface area contributed by atoms with Crippen LogP contribution >= 0.6 is 11.8 Å². The molecule has 0 saturated carbocycles. The lowest BCUT2D eigenvalue weighted by atomic mass is 10.2.